The van der Waals surface area contributed by atoms with E-state index in [4.69, 9.17) is 5.84 Å². The number of benzene rings is 1. The minimum atomic E-state index is 0.129. The molecule has 1 aliphatic heterocycles. The highest BCUT2D eigenvalue weighted by Crippen LogP contribution is 2.18. The van der Waals surface area contributed by atoms with Crippen molar-refractivity contribution in [2.24, 2.45) is 5.84 Å². The van der Waals surface area contributed by atoms with Gasteiger partial charge in [0.2, 0.25) is 0 Å². The fourth-order valence-corrected chi connectivity index (χ4v) is 2.98. The number of rotatable bonds is 2. The molecular weight excluding hydrogens is 246 g/mol. The second-order valence-electron chi connectivity index (χ2n) is 4.43. The summed E-state index contributed by atoms with van der Waals surface area (Å²) in [6.45, 7) is 3.66. The van der Waals surface area contributed by atoms with E-state index in [1.165, 1.54) is 0 Å². The van der Waals surface area contributed by atoms with Crippen LogP contribution in [0.3, 0.4) is 0 Å². The summed E-state index contributed by atoms with van der Waals surface area (Å²) in [5.41, 5.74) is 5.22. The van der Waals surface area contributed by atoms with Crippen molar-refractivity contribution in [3.05, 3.63) is 29.3 Å². The van der Waals surface area contributed by atoms with Crippen LogP contribution in [-0.2, 0) is 0 Å². The Hall–Kier alpha value is -1.20. The molecule has 3 N–H and O–H groups in total. The number of aryl methyl sites for hydroxylation is 1. The Kier molecular flexibility index (Phi) is 4.49. The Labute approximate surface area is 112 Å². The second-order valence-corrected chi connectivity index (χ2v) is 5.66. The minimum absolute atomic E-state index is 0.129. The quantitative estimate of drug-likeness (QED) is 0.633. The van der Waals surface area contributed by atoms with Gasteiger partial charge in [-0.1, -0.05) is 0 Å². The van der Waals surface area contributed by atoms with E-state index in [0.717, 1.165) is 47.8 Å². The molecule has 0 unspecified atom stereocenters. The SMILES string of the molecule is Cc1cc(C(=O)N2CCCSCC2)ccc1NN. The Bertz CT molecular complexity index is 428. The smallest absolute Gasteiger partial charge is 0.253 e. The van der Waals surface area contributed by atoms with Crippen molar-refractivity contribution in [1.29, 1.82) is 0 Å². The van der Waals surface area contributed by atoms with E-state index in [9.17, 15) is 4.79 Å². The van der Waals surface area contributed by atoms with Crippen molar-refractivity contribution in [3.63, 3.8) is 0 Å². The first kappa shape index (κ1) is 13.2. The van der Waals surface area contributed by atoms with Gasteiger partial charge in [0.05, 0.1) is 5.69 Å². The number of thioether (sulfide) groups is 1. The van der Waals surface area contributed by atoms with Gasteiger partial charge in [-0.25, -0.2) is 0 Å². The fraction of sp³-hybridized carbons (Fsp3) is 0.462. The maximum Gasteiger partial charge on any atom is 0.253 e. The zero-order valence-corrected chi connectivity index (χ0v) is 11.4. The van der Waals surface area contributed by atoms with E-state index in [0.29, 0.717) is 0 Å². The van der Waals surface area contributed by atoms with Crippen molar-refractivity contribution in [1.82, 2.24) is 4.90 Å². The zero-order chi connectivity index (χ0) is 13.0. The Morgan fingerprint density at radius 2 is 2.22 bits per heavy atom. The lowest BCUT2D eigenvalue weighted by molar-refractivity contribution is 0.0768. The lowest BCUT2D eigenvalue weighted by atomic mass is 10.1. The summed E-state index contributed by atoms with van der Waals surface area (Å²) in [7, 11) is 0. The van der Waals surface area contributed by atoms with Crippen molar-refractivity contribution >= 4 is 23.4 Å². The molecule has 0 saturated carbocycles. The van der Waals surface area contributed by atoms with Gasteiger partial charge in [-0.2, -0.15) is 11.8 Å². The normalized spacial score (nSPS) is 16.2. The fourth-order valence-electron chi connectivity index (χ4n) is 2.09. The van der Waals surface area contributed by atoms with E-state index < -0.39 is 0 Å². The highest BCUT2D eigenvalue weighted by Gasteiger charge is 2.17. The molecule has 0 aromatic heterocycles. The predicted molar refractivity (Wildman–Crippen MR) is 76.8 cm³/mol. The first-order chi connectivity index (χ1) is 8.72. The molecule has 1 amide bonds. The molecule has 18 heavy (non-hydrogen) atoms. The first-order valence-electron chi connectivity index (χ1n) is 6.16. The molecule has 1 saturated heterocycles. The number of carbonyl (C=O) groups excluding carboxylic acids is 1. The molecule has 2 rings (SSSR count). The van der Waals surface area contributed by atoms with E-state index in [1.54, 1.807) is 0 Å². The summed E-state index contributed by atoms with van der Waals surface area (Å²) in [5, 5.41) is 0. The number of nitrogens with one attached hydrogen (secondary N) is 1. The van der Waals surface area contributed by atoms with Gasteiger partial charge in [0.25, 0.3) is 5.91 Å². The number of anilines is 1. The summed E-state index contributed by atoms with van der Waals surface area (Å²) in [6, 6.07) is 5.59. The lowest BCUT2D eigenvalue weighted by Gasteiger charge is -2.20. The lowest BCUT2D eigenvalue weighted by Crippen LogP contribution is -2.33. The van der Waals surface area contributed by atoms with E-state index >= 15 is 0 Å². The van der Waals surface area contributed by atoms with Crippen LogP contribution < -0.4 is 11.3 Å². The molecule has 0 spiro atoms. The average molecular weight is 265 g/mol. The number of hydrogen-bond donors (Lipinski definition) is 2. The molecule has 0 aliphatic carbocycles. The maximum atomic E-state index is 12.4. The molecule has 0 radical (unpaired) electrons. The summed E-state index contributed by atoms with van der Waals surface area (Å²) in [5.74, 6) is 7.71. The van der Waals surface area contributed by atoms with Crippen LogP contribution in [0.4, 0.5) is 5.69 Å². The van der Waals surface area contributed by atoms with Gasteiger partial charge in [0.15, 0.2) is 0 Å². The molecule has 0 atom stereocenters. The molecule has 1 aromatic rings. The van der Waals surface area contributed by atoms with Crippen LogP contribution in [0.25, 0.3) is 0 Å². The number of nitrogens with zero attached hydrogens (tertiary/aromatic N) is 1. The van der Waals surface area contributed by atoms with Crippen LogP contribution >= 0.6 is 11.8 Å². The van der Waals surface area contributed by atoms with Gasteiger partial charge in [-0.05, 0) is 42.9 Å². The van der Waals surface area contributed by atoms with Crippen LogP contribution in [0, 0.1) is 6.92 Å². The Morgan fingerprint density at radius 3 is 2.94 bits per heavy atom. The topological polar surface area (TPSA) is 58.4 Å². The number of hydrogen-bond acceptors (Lipinski definition) is 4. The maximum absolute atomic E-state index is 12.4. The highest BCUT2D eigenvalue weighted by molar-refractivity contribution is 7.99. The molecule has 1 heterocycles. The van der Waals surface area contributed by atoms with Gasteiger partial charge in [0.1, 0.15) is 0 Å². The van der Waals surface area contributed by atoms with E-state index in [1.807, 2.05) is 41.8 Å². The van der Waals surface area contributed by atoms with E-state index in [2.05, 4.69) is 5.43 Å². The van der Waals surface area contributed by atoms with Crippen molar-refractivity contribution < 1.29 is 4.79 Å². The Balaban J connectivity index is 2.14. The number of amides is 1. The van der Waals surface area contributed by atoms with Gasteiger partial charge in [-0.15, -0.1) is 0 Å². The summed E-state index contributed by atoms with van der Waals surface area (Å²) >= 11 is 1.92. The summed E-state index contributed by atoms with van der Waals surface area (Å²) in [6.07, 6.45) is 1.08. The molecule has 1 aliphatic rings. The van der Waals surface area contributed by atoms with Crippen LogP contribution in [0.15, 0.2) is 18.2 Å². The van der Waals surface area contributed by atoms with Crippen molar-refractivity contribution in [3.8, 4) is 0 Å². The van der Waals surface area contributed by atoms with Crippen LogP contribution in [-0.4, -0.2) is 35.4 Å². The van der Waals surface area contributed by atoms with Gasteiger partial charge in [-0.3, -0.25) is 10.6 Å². The number of nitrogens with two attached hydrogens (primary N) is 1. The third kappa shape index (κ3) is 2.97. The first-order valence-corrected chi connectivity index (χ1v) is 7.32. The van der Waals surface area contributed by atoms with Crippen molar-refractivity contribution in [2.45, 2.75) is 13.3 Å². The summed E-state index contributed by atoms with van der Waals surface area (Å²) in [4.78, 5) is 14.3. The minimum Gasteiger partial charge on any atom is -0.338 e. The molecule has 98 valence electrons. The molecule has 1 fully saturated rings. The van der Waals surface area contributed by atoms with Gasteiger partial charge < -0.3 is 10.3 Å². The standard InChI is InChI=1S/C13H19N3OS/c1-10-9-11(3-4-12(10)15-14)13(17)16-5-2-7-18-8-6-16/h3-4,9,15H,2,5-8,14H2,1H3. The highest BCUT2D eigenvalue weighted by atomic mass is 32.2. The average Bonchev–Trinajstić information content (AvgIpc) is 2.66. The second kappa shape index (κ2) is 6.11. The Morgan fingerprint density at radius 1 is 1.39 bits per heavy atom. The van der Waals surface area contributed by atoms with Crippen LogP contribution in [0.1, 0.15) is 22.3 Å². The molecular formula is C13H19N3OS. The molecule has 1 aromatic carbocycles. The van der Waals surface area contributed by atoms with Crippen LogP contribution in [0.5, 0.6) is 0 Å². The predicted octanol–water partition coefficient (Wildman–Crippen LogP) is 1.86. The third-order valence-corrected chi connectivity index (χ3v) is 4.19. The molecule has 0 bridgehead atoms. The number of nitrogen functional groups attached to an aromatic ring is 1. The van der Waals surface area contributed by atoms with Crippen molar-refractivity contribution in [2.75, 3.05) is 30.0 Å². The zero-order valence-electron chi connectivity index (χ0n) is 10.6. The largest absolute Gasteiger partial charge is 0.338 e. The summed E-state index contributed by atoms with van der Waals surface area (Å²) < 4.78 is 0. The van der Waals surface area contributed by atoms with E-state index in [-0.39, 0.29) is 5.91 Å². The monoisotopic (exact) mass is 265 g/mol. The molecule has 4 nitrogen and oxygen atoms in total. The number of carbonyl (C=O) groups is 1. The molecule has 5 heteroatoms. The van der Waals surface area contributed by atoms with Gasteiger partial charge in [0, 0.05) is 24.4 Å². The number of hydrazine groups is 1. The van der Waals surface area contributed by atoms with Crippen LogP contribution in [0.2, 0.25) is 0 Å². The van der Waals surface area contributed by atoms with Gasteiger partial charge >= 0.3 is 0 Å². The third-order valence-electron chi connectivity index (χ3n) is 3.14.